The van der Waals surface area contributed by atoms with Crippen molar-refractivity contribution in [2.75, 3.05) is 31.6 Å². The maximum atomic E-state index is 14.1. The Labute approximate surface area is 145 Å². The molecule has 0 bridgehead atoms. The van der Waals surface area contributed by atoms with Gasteiger partial charge in [-0.1, -0.05) is 12.1 Å². The molecule has 1 amide bonds. The Bertz CT molecular complexity index is 828. The molecule has 4 rings (SSSR count). The van der Waals surface area contributed by atoms with Crippen molar-refractivity contribution in [3.05, 3.63) is 65.2 Å². The van der Waals surface area contributed by atoms with E-state index in [0.29, 0.717) is 12.2 Å². The number of nitrogens with zero attached hydrogens (tertiary/aromatic N) is 2. The molecule has 2 aromatic rings. The highest BCUT2D eigenvalue weighted by Gasteiger charge is 2.46. The van der Waals surface area contributed by atoms with E-state index in [-0.39, 0.29) is 22.7 Å². The molecule has 1 spiro atoms. The quantitative estimate of drug-likeness (QED) is 0.791. The van der Waals surface area contributed by atoms with Gasteiger partial charge in [-0.3, -0.25) is 4.79 Å². The van der Waals surface area contributed by atoms with Gasteiger partial charge in [-0.25, -0.2) is 8.78 Å². The number of rotatable bonds is 1. The summed E-state index contributed by atoms with van der Waals surface area (Å²) in [4.78, 5) is 16.9. The molecule has 1 saturated heterocycles. The topological polar surface area (TPSA) is 23.6 Å². The molecule has 0 unspecified atom stereocenters. The van der Waals surface area contributed by atoms with Crippen LogP contribution in [0.1, 0.15) is 28.8 Å². The lowest BCUT2D eigenvalue weighted by Gasteiger charge is -2.38. The fourth-order valence-corrected chi connectivity index (χ4v) is 4.08. The smallest absolute Gasteiger partial charge is 0.261 e. The summed E-state index contributed by atoms with van der Waals surface area (Å²) in [5.74, 6) is -1.18. The number of piperidine rings is 1. The van der Waals surface area contributed by atoms with Crippen molar-refractivity contribution in [1.82, 2.24) is 4.90 Å². The molecule has 1 fully saturated rings. The van der Waals surface area contributed by atoms with Crippen LogP contribution < -0.4 is 4.90 Å². The fourth-order valence-electron chi connectivity index (χ4n) is 4.08. The van der Waals surface area contributed by atoms with Gasteiger partial charge in [-0.15, -0.1) is 0 Å². The van der Waals surface area contributed by atoms with Crippen LogP contribution in [0, 0.1) is 11.6 Å². The summed E-state index contributed by atoms with van der Waals surface area (Å²) in [6.07, 6.45) is 1.72. The van der Waals surface area contributed by atoms with E-state index in [2.05, 4.69) is 11.9 Å². The van der Waals surface area contributed by atoms with Crippen molar-refractivity contribution in [3.8, 4) is 0 Å². The second kappa shape index (κ2) is 5.92. The summed E-state index contributed by atoms with van der Waals surface area (Å²) < 4.78 is 28.0. The van der Waals surface area contributed by atoms with Gasteiger partial charge in [0, 0.05) is 17.6 Å². The van der Waals surface area contributed by atoms with Gasteiger partial charge in [0.1, 0.15) is 11.6 Å². The van der Waals surface area contributed by atoms with E-state index >= 15 is 0 Å². The van der Waals surface area contributed by atoms with Gasteiger partial charge in [-0.2, -0.15) is 0 Å². The Morgan fingerprint density at radius 1 is 1.08 bits per heavy atom. The van der Waals surface area contributed by atoms with E-state index in [1.165, 1.54) is 18.2 Å². The van der Waals surface area contributed by atoms with Crippen LogP contribution in [0.15, 0.2) is 42.5 Å². The lowest BCUT2D eigenvalue weighted by Crippen LogP contribution is -2.45. The maximum absolute atomic E-state index is 14.1. The summed E-state index contributed by atoms with van der Waals surface area (Å²) in [5, 5.41) is 0. The lowest BCUT2D eigenvalue weighted by atomic mass is 9.74. The Morgan fingerprint density at radius 2 is 1.80 bits per heavy atom. The molecule has 5 heteroatoms. The first-order valence-corrected chi connectivity index (χ1v) is 8.55. The number of hydrogen-bond acceptors (Lipinski definition) is 2. The minimum atomic E-state index is -0.527. The first kappa shape index (κ1) is 16.2. The normalized spacial score (nSPS) is 19.2. The predicted molar refractivity (Wildman–Crippen MR) is 92.9 cm³/mol. The van der Waals surface area contributed by atoms with Crippen LogP contribution in [0.3, 0.4) is 0 Å². The first-order chi connectivity index (χ1) is 12.0. The van der Waals surface area contributed by atoms with Crippen molar-refractivity contribution in [2.45, 2.75) is 18.3 Å². The molecule has 0 atom stereocenters. The summed E-state index contributed by atoms with van der Waals surface area (Å²) in [6.45, 7) is 2.28. The van der Waals surface area contributed by atoms with Gasteiger partial charge >= 0.3 is 0 Å². The van der Waals surface area contributed by atoms with Gasteiger partial charge in [0.2, 0.25) is 0 Å². The largest absolute Gasteiger partial charge is 0.307 e. The van der Waals surface area contributed by atoms with Gasteiger partial charge in [0.15, 0.2) is 0 Å². The fraction of sp³-hybridized carbons (Fsp3) is 0.350. The van der Waals surface area contributed by atoms with Crippen LogP contribution in [0.25, 0.3) is 0 Å². The van der Waals surface area contributed by atoms with Crippen LogP contribution in [-0.2, 0) is 5.41 Å². The van der Waals surface area contributed by atoms with E-state index in [1.54, 1.807) is 29.2 Å². The van der Waals surface area contributed by atoms with E-state index in [4.69, 9.17) is 0 Å². The molecule has 0 aromatic heterocycles. The molecule has 25 heavy (non-hydrogen) atoms. The Balaban J connectivity index is 1.76. The third kappa shape index (κ3) is 2.63. The second-order valence-corrected chi connectivity index (χ2v) is 7.12. The second-order valence-electron chi connectivity index (χ2n) is 7.12. The molecule has 0 N–H and O–H groups in total. The highest BCUT2D eigenvalue weighted by Crippen LogP contribution is 2.47. The number of hydrogen-bond donors (Lipinski definition) is 0. The molecule has 2 aliphatic rings. The number of anilines is 1. The Kier molecular flexibility index (Phi) is 3.84. The highest BCUT2D eigenvalue weighted by molar-refractivity contribution is 6.08. The zero-order chi connectivity index (χ0) is 17.6. The minimum absolute atomic E-state index is 0.0581. The van der Waals surface area contributed by atoms with Crippen LogP contribution in [0.2, 0.25) is 0 Å². The third-order valence-electron chi connectivity index (χ3n) is 5.58. The molecule has 2 aromatic carbocycles. The number of halogens is 2. The highest BCUT2D eigenvalue weighted by atomic mass is 19.1. The van der Waals surface area contributed by atoms with E-state index in [9.17, 15) is 13.6 Å². The van der Waals surface area contributed by atoms with Crippen LogP contribution in [-0.4, -0.2) is 37.5 Å². The molecule has 0 aliphatic carbocycles. The van der Waals surface area contributed by atoms with Gasteiger partial charge in [-0.05, 0) is 68.9 Å². The monoisotopic (exact) mass is 342 g/mol. The van der Waals surface area contributed by atoms with E-state index in [1.807, 2.05) is 0 Å². The molecule has 3 nitrogen and oxygen atoms in total. The molecule has 0 saturated carbocycles. The molecule has 2 heterocycles. The van der Waals surface area contributed by atoms with Crippen molar-refractivity contribution in [2.24, 2.45) is 0 Å². The van der Waals surface area contributed by atoms with Crippen molar-refractivity contribution >= 4 is 11.6 Å². The first-order valence-electron chi connectivity index (χ1n) is 8.55. The van der Waals surface area contributed by atoms with Crippen LogP contribution >= 0.6 is 0 Å². The predicted octanol–water partition coefficient (Wildman–Crippen LogP) is 3.59. The number of carbonyl (C=O) groups excluding carboxylic acids is 1. The number of amides is 1. The van der Waals surface area contributed by atoms with Crippen molar-refractivity contribution in [1.29, 1.82) is 0 Å². The summed E-state index contributed by atoms with van der Waals surface area (Å²) in [5.41, 5.74) is 1.40. The third-order valence-corrected chi connectivity index (χ3v) is 5.58. The lowest BCUT2D eigenvalue weighted by molar-refractivity contribution is 0.0975. The Morgan fingerprint density at radius 3 is 2.52 bits per heavy atom. The van der Waals surface area contributed by atoms with Gasteiger partial charge in [0.05, 0.1) is 5.56 Å². The number of fused-ring (bicyclic) bond motifs is 2. The van der Waals surface area contributed by atoms with Crippen LogP contribution in [0.5, 0.6) is 0 Å². The average molecular weight is 342 g/mol. The average Bonchev–Trinajstić information content (AvgIpc) is 2.91. The standard InChI is InChI=1S/C20H20F2N2O/c1-23-10-8-20(9-11-23)13-24(18-7-6-14(21)12-16(18)20)19(25)15-4-2-3-5-17(15)22/h2-7,12H,8-11,13H2,1H3. The molecular formula is C20H20F2N2O. The molecular weight excluding hydrogens is 322 g/mol. The molecule has 2 aliphatic heterocycles. The van der Waals surface area contributed by atoms with Gasteiger partial charge in [0.25, 0.3) is 5.91 Å². The summed E-state index contributed by atoms with van der Waals surface area (Å²) >= 11 is 0. The molecule has 0 radical (unpaired) electrons. The number of likely N-dealkylation sites (tertiary alicyclic amines) is 1. The molecule has 130 valence electrons. The van der Waals surface area contributed by atoms with Gasteiger partial charge < -0.3 is 9.80 Å². The van der Waals surface area contributed by atoms with E-state index < -0.39 is 5.82 Å². The summed E-state index contributed by atoms with van der Waals surface area (Å²) in [6, 6.07) is 10.6. The maximum Gasteiger partial charge on any atom is 0.261 e. The van der Waals surface area contributed by atoms with Crippen molar-refractivity contribution < 1.29 is 13.6 Å². The Hall–Kier alpha value is -2.27. The number of benzene rings is 2. The number of carbonyl (C=O) groups is 1. The minimum Gasteiger partial charge on any atom is -0.307 e. The van der Waals surface area contributed by atoms with E-state index in [0.717, 1.165) is 31.5 Å². The SMILES string of the molecule is CN1CCC2(CC1)CN(C(=O)c1ccccc1F)c1ccc(F)cc12. The zero-order valence-corrected chi connectivity index (χ0v) is 14.1. The summed E-state index contributed by atoms with van der Waals surface area (Å²) in [7, 11) is 2.07. The van der Waals surface area contributed by atoms with Crippen LogP contribution in [0.4, 0.5) is 14.5 Å². The van der Waals surface area contributed by atoms with Crippen molar-refractivity contribution in [3.63, 3.8) is 0 Å². The zero-order valence-electron chi connectivity index (χ0n) is 14.1.